The van der Waals surface area contributed by atoms with Gasteiger partial charge < -0.3 is 25.9 Å². The van der Waals surface area contributed by atoms with Crippen LogP contribution in [-0.2, 0) is 0 Å². The average molecular weight is 534 g/mol. The van der Waals surface area contributed by atoms with E-state index < -0.39 is 6.16 Å². The fourth-order valence-corrected chi connectivity index (χ4v) is 3.18. The van der Waals surface area contributed by atoms with Crippen molar-refractivity contribution in [3.8, 4) is 16.9 Å². The van der Waals surface area contributed by atoms with Crippen LogP contribution in [-0.4, -0.2) is 27.0 Å². The Balaban J connectivity index is 0.00000138. The largest absolute Gasteiger partial charge is 1.00 e. The Morgan fingerprint density at radius 2 is 1.58 bits per heavy atom. The molecule has 3 rings (SSSR count). The third-order valence-corrected chi connectivity index (χ3v) is 4.52. The zero-order valence-electron chi connectivity index (χ0n) is 16.8. The molecule has 0 aliphatic heterocycles. The number of nitrogens with zero attached hydrogens (tertiary/aromatic N) is 3. The molecule has 0 spiro atoms. The van der Waals surface area contributed by atoms with Gasteiger partial charge in [-0.15, -0.1) is 0 Å². The second kappa shape index (κ2) is 14.6. The molecule has 0 aliphatic rings. The molecule has 1 aromatic heterocycles. The summed E-state index contributed by atoms with van der Waals surface area (Å²) in [4.78, 5) is 8.33. The van der Waals surface area contributed by atoms with Crippen LogP contribution in [0.2, 0.25) is 15.1 Å². The number of carboxylic acid groups (broad SMARTS) is 2. The van der Waals surface area contributed by atoms with Gasteiger partial charge in [0.05, 0.1) is 16.4 Å². The molecule has 0 unspecified atom stereocenters. The SMILES string of the molecule is Cc1c(C(N)=NO)nn(-c2ccc(Cl)cc2Cl)c1-c1ccc(Cl)cc1.O=C([O-])[O-].[K+].[K+]. The maximum absolute atomic E-state index is 9.03. The number of aromatic nitrogens is 2. The number of halogens is 3. The third-order valence-electron chi connectivity index (χ3n) is 3.73. The molecule has 0 amide bonds. The molecule has 13 heteroatoms. The van der Waals surface area contributed by atoms with E-state index >= 15 is 0 Å². The predicted molar refractivity (Wildman–Crippen MR) is 107 cm³/mol. The summed E-state index contributed by atoms with van der Waals surface area (Å²) >= 11 is 18.3. The normalized spacial score (nSPS) is 10.3. The Morgan fingerprint density at radius 1 is 1.06 bits per heavy atom. The molecular weight excluding hydrogens is 521 g/mol. The number of benzene rings is 2. The minimum atomic E-state index is -2.33. The van der Waals surface area contributed by atoms with Crippen LogP contribution >= 0.6 is 34.8 Å². The first-order valence-corrected chi connectivity index (χ1v) is 8.96. The van der Waals surface area contributed by atoms with E-state index in [-0.39, 0.29) is 109 Å². The van der Waals surface area contributed by atoms with E-state index in [2.05, 4.69) is 10.3 Å². The molecule has 0 saturated carbocycles. The fraction of sp³-hybridized carbons (Fsp3) is 0.0556. The van der Waals surface area contributed by atoms with Crippen molar-refractivity contribution in [1.82, 2.24) is 9.78 Å². The summed E-state index contributed by atoms with van der Waals surface area (Å²) < 4.78 is 1.64. The summed E-state index contributed by atoms with van der Waals surface area (Å²) in [6, 6.07) is 12.4. The molecular formula is C18H13Cl3K2N4O4. The summed E-state index contributed by atoms with van der Waals surface area (Å²) in [5.41, 5.74) is 9.10. The van der Waals surface area contributed by atoms with Gasteiger partial charge in [-0.25, -0.2) is 4.68 Å². The Kier molecular flexibility index (Phi) is 14.7. The summed E-state index contributed by atoms with van der Waals surface area (Å²) in [5, 5.41) is 34.8. The molecule has 1 heterocycles. The zero-order chi connectivity index (χ0) is 21.7. The van der Waals surface area contributed by atoms with Gasteiger partial charge in [-0.05, 0) is 43.4 Å². The van der Waals surface area contributed by atoms with E-state index in [9.17, 15) is 0 Å². The van der Waals surface area contributed by atoms with Crippen LogP contribution in [0.15, 0.2) is 47.6 Å². The zero-order valence-corrected chi connectivity index (χ0v) is 25.3. The molecule has 0 saturated heterocycles. The monoisotopic (exact) mass is 532 g/mol. The summed E-state index contributed by atoms with van der Waals surface area (Å²) in [5.74, 6) is -0.0865. The van der Waals surface area contributed by atoms with Crippen molar-refractivity contribution in [3.05, 3.63) is 68.8 Å². The summed E-state index contributed by atoms with van der Waals surface area (Å²) in [6.45, 7) is 1.84. The van der Waals surface area contributed by atoms with Gasteiger partial charge in [0.2, 0.25) is 0 Å². The first-order chi connectivity index (χ1) is 13.6. The molecule has 2 aromatic carbocycles. The first-order valence-electron chi connectivity index (χ1n) is 7.82. The molecule has 0 atom stereocenters. The van der Waals surface area contributed by atoms with E-state index in [1.165, 1.54) is 0 Å². The van der Waals surface area contributed by atoms with Gasteiger partial charge >= 0.3 is 103 Å². The summed E-state index contributed by atoms with van der Waals surface area (Å²) in [6.07, 6.45) is -2.33. The number of oxime groups is 1. The average Bonchev–Trinajstić information content (AvgIpc) is 2.98. The van der Waals surface area contributed by atoms with Crippen molar-refractivity contribution < 1.29 is 123 Å². The van der Waals surface area contributed by atoms with Crippen molar-refractivity contribution in [3.63, 3.8) is 0 Å². The minimum Gasteiger partial charge on any atom is -0.652 e. The Morgan fingerprint density at radius 3 is 2.06 bits per heavy atom. The molecule has 0 bridgehead atoms. The van der Waals surface area contributed by atoms with Crippen molar-refractivity contribution in [2.75, 3.05) is 0 Å². The van der Waals surface area contributed by atoms with Crippen LogP contribution in [0.5, 0.6) is 0 Å². The Labute approximate surface area is 278 Å². The molecule has 152 valence electrons. The first kappa shape index (κ1) is 31.3. The van der Waals surface area contributed by atoms with Crippen LogP contribution in [0.1, 0.15) is 11.3 Å². The van der Waals surface area contributed by atoms with Crippen molar-refractivity contribution in [2.24, 2.45) is 10.9 Å². The Hall–Kier alpha value is 0.333. The van der Waals surface area contributed by atoms with Crippen molar-refractivity contribution in [2.45, 2.75) is 6.92 Å². The van der Waals surface area contributed by atoms with Gasteiger partial charge in [-0.1, -0.05) is 52.1 Å². The summed E-state index contributed by atoms with van der Waals surface area (Å²) in [7, 11) is 0. The van der Waals surface area contributed by atoms with Crippen LogP contribution in [0.25, 0.3) is 16.9 Å². The van der Waals surface area contributed by atoms with Crippen molar-refractivity contribution >= 4 is 46.8 Å². The topological polar surface area (TPSA) is 140 Å². The molecule has 3 aromatic rings. The smallest absolute Gasteiger partial charge is 0.652 e. The number of carbonyl (C=O) groups is 1. The Bertz CT molecular complexity index is 1070. The number of carbonyl (C=O) groups excluding carboxylic acids is 1. The van der Waals surface area contributed by atoms with Crippen molar-refractivity contribution in [1.29, 1.82) is 0 Å². The van der Waals surface area contributed by atoms with Gasteiger partial charge in [0.15, 0.2) is 5.84 Å². The van der Waals surface area contributed by atoms with Gasteiger partial charge in [0.25, 0.3) is 0 Å². The number of hydrogen-bond donors (Lipinski definition) is 2. The molecule has 3 N–H and O–H groups in total. The van der Waals surface area contributed by atoms with Gasteiger partial charge in [0, 0.05) is 21.2 Å². The predicted octanol–water partition coefficient (Wildman–Crippen LogP) is -3.54. The maximum atomic E-state index is 9.03. The van der Waals surface area contributed by atoms with E-state index in [4.69, 9.17) is 60.8 Å². The van der Waals surface area contributed by atoms with Gasteiger partial charge in [-0.2, -0.15) is 5.10 Å². The number of nitrogens with two attached hydrogens (primary N) is 1. The van der Waals surface area contributed by atoms with E-state index in [1.54, 1.807) is 35.0 Å². The van der Waals surface area contributed by atoms with Crippen LogP contribution in [0.3, 0.4) is 0 Å². The van der Waals surface area contributed by atoms with E-state index in [1.807, 2.05) is 19.1 Å². The van der Waals surface area contributed by atoms with Crippen LogP contribution in [0.4, 0.5) is 4.79 Å². The number of hydrogen-bond acceptors (Lipinski definition) is 6. The molecule has 0 fully saturated rings. The second-order valence-corrected chi connectivity index (χ2v) is 6.85. The quantitative estimate of drug-likeness (QED) is 0.118. The van der Waals surface area contributed by atoms with E-state index in [0.717, 1.165) is 16.8 Å². The molecule has 8 nitrogen and oxygen atoms in total. The third kappa shape index (κ3) is 8.56. The number of rotatable bonds is 3. The van der Waals surface area contributed by atoms with Crippen LogP contribution in [0, 0.1) is 6.92 Å². The molecule has 0 aliphatic carbocycles. The second-order valence-electron chi connectivity index (χ2n) is 5.57. The molecule has 31 heavy (non-hydrogen) atoms. The van der Waals surface area contributed by atoms with E-state index in [0.29, 0.717) is 26.4 Å². The fourth-order valence-electron chi connectivity index (χ4n) is 2.56. The molecule has 0 radical (unpaired) electrons. The standard InChI is InChI=1S/C17H13Cl3N4O.CH2O3.2K/c1-9-15(17(21)23-25)22-24(14-7-6-12(19)8-13(14)20)16(9)10-2-4-11(18)5-3-10;2-1(3)4;;/h2-8,25H,1H3,(H2,21,23);(H2,2,3,4);;/q;;2*+1/p-2. The van der Waals surface area contributed by atoms with Gasteiger partial charge in [0.1, 0.15) is 5.69 Å². The maximum Gasteiger partial charge on any atom is 1.00 e. The van der Waals surface area contributed by atoms with Gasteiger partial charge in [-0.3, -0.25) is 0 Å². The number of amidine groups is 1. The minimum absolute atomic E-state index is 0. The van der Waals surface area contributed by atoms with Crippen LogP contribution < -0.4 is 119 Å².